The second-order valence-corrected chi connectivity index (χ2v) is 5.40. The van der Waals surface area contributed by atoms with Crippen molar-refractivity contribution < 1.29 is 4.39 Å². The molecule has 1 aromatic rings. The lowest BCUT2D eigenvalue weighted by atomic mass is 9.85. The Kier molecular flexibility index (Phi) is 4.93. The van der Waals surface area contributed by atoms with Gasteiger partial charge < -0.3 is 5.32 Å². The third kappa shape index (κ3) is 3.78. The normalized spacial score (nSPS) is 23.0. The molecule has 0 aromatic heterocycles. The zero-order chi connectivity index (χ0) is 13.7. The van der Waals surface area contributed by atoms with Gasteiger partial charge in [-0.25, -0.2) is 4.39 Å². The molecule has 1 aliphatic rings. The van der Waals surface area contributed by atoms with Crippen LogP contribution < -0.4 is 5.32 Å². The van der Waals surface area contributed by atoms with Gasteiger partial charge in [0.2, 0.25) is 0 Å². The zero-order valence-corrected chi connectivity index (χ0v) is 11.5. The first-order valence-corrected chi connectivity index (χ1v) is 7.08. The molecule has 0 radical (unpaired) electrons. The molecule has 3 heteroatoms. The van der Waals surface area contributed by atoms with Gasteiger partial charge in [-0.2, -0.15) is 5.26 Å². The van der Waals surface area contributed by atoms with Crippen LogP contribution in [0.1, 0.15) is 36.8 Å². The summed E-state index contributed by atoms with van der Waals surface area (Å²) >= 11 is 0. The molecule has 1 N–H and O–H groups in total. The number of benzene rings is 1. The molecule has 2 rings (SSSR count). The largest absolute Gasteiger partial charge is 0.312 e. The summed E-state index contributed by atoms with van der Waals surface area (Å²) in [7, 11) is 0. The van der Waals surface area contributed by atoms with Gasteiger partial charge in [0.05, 0.1) is 12.0 Å². The minimum absolute atomic E-state index is 0.156. The van der Waals surface area contributed by atoms with Crippen LogP contribution in [0.3, 0.4) is 0 Å². The standard InChI is InChI=1S/C16H21FN2/c1-12-10-15(17)7-6-13(12)8-9-19-16-5-3-2-4-14(16)11-18/h6-7,10,14,16,19H,2-5,8-9H2,1H3. The Morgan fingerprint density at radius 3 is 2.89 bits per heavy atom. The van der Waals surface area contributed by atoms with Crippen LogP contribution in [0, 0.1) is 30.0 Å². The van der Waals surface area contributed by atoms with Gasteiger partial charge in [-0.3, -0.25) is 0 Å². The van der Waals surface area contributed by atoms with Gasteiger partial charge in [0.15, 0.2) is 0 Å². The first-order valence-electron chi connectivity index (χ1n) is 7.08. The fraction of sp³-hybridized carbons (Fsp3) is 0.562. The van der Waals surface area contributed by atoms with Crippen molar-refractivity contribution in [1.29, 1.82) is 5.26 Å². The van der Waals surface area contributed by atoms with Crippen LogP contribution in [0.2, 0.25) is 0 Å². The van der Waals surface area contributed by atoms with Crippen molar-refractivity contribution in [1.82, 2.24) is 5.32 Å². The zero-order valence-electron chi connectivity index (χ0n) is 11.5. The van der Waals surface area contributed by atoms with Crippen LogP contribution in [0.4, 0.5) is 4.39 Å². The summed E-state index contributed by atoms with van der Waals surface area (Å²) in [6.45, 7) is 2.80. The molecule has 1 fully saturated rings. The number of halogens is 1. The molecule has 1 aromatic carbocycles. The second-order valence-electron chi connectivity index (χ2n) is 5.40. The molecule has 0 amide bonds. The number of nitrogens with one attached hydrogen (secondary N) is 1. The van der Waals surface area contributed by atoms with Crippen LogP contribution in [-0.4, -0.2) is 12.6 Å². The number of rotatable bonds is 4. The molecule has 19 heavy (non-hydrogen) atoms. The van der Waals surface area contributed by atoms with E-state index in [1.807, 2.05) is 13.0 Å². The lowest BCUT2D eigenvalue weighted by molar-refractivity contribution is 0.314. The van der Waals surface area contributed by atoms with Crippen LogP contribution in [0.15, 0.2) is 18.2 Å². The minimum atomic E-state index is -0.175. The summed E-state index contributed by atoms with van der Waals surface area (Å²) in [4.78, 5) is 0. The van der Waals surface area contributed by atoms with Crippen LogP contribution in [0.25, 0.3) is 0 Å². The predicted molar refractivity (Wildman–Crippen MR) is 74.2 cm³/mol. The number of aryl methyl sites for hydroxylation is 1. The topological polar surface area (TPSA) is 35.8 Å². The van der Waals surface area contributed by atoms with Gasteiger partial charge in [-0.05, 0) is 56.0 Å². The number of nitriles is 1. The van der Waals surface area contributed by atoms with E-state index in [2.05, 4.69) is 11.4 Å². The van der Waals surface area contributed by atoms with Crippen molar-refractivity contribution >= 4 is 0 Å². The Hall–Kier alpha value is -1.40. The van der Waals surface area contributed by atoms with Crippen LogP contribution in [0.5, 0.6) is 0 Å². The monoisotopic (exact) mass is 260 g/mol. The van der Waals surface area contributed by atoms with Crippen molar-refractivity contribution in [3.8, 4) is 6.07 Å². The van der Waals surface area contributed by atoms with Gasteiger partial charge in [0.25, 0.3) is 0 Å². The third-order valence-electron chi connectivity index (χ3n) is 4.04. The molecule has 102 valence electrons. The van der Waals surface area contributed by atoms with E-state index in [-0.39, 0.29) is 11.7 Å². The van der Waals surface area contributed by atoms with Crippen molar-refractivity contribution in [3.63, 3.8) is 0 Å². The Morgan fingerprint density at radius 2 is 2.16 bits per heavy atom. The Balaban J connectivity index is 1.84. The van der Waals surface area contributed by atoms with Crippen molar-refractivity contribution in [2.45, 2.75) is 45.1 Å². The Labute approximate surface area is 114 Å². The highest BCUT2D eigenvalue weighted by Gasteiger charge is 2.23. The Morgan fingerprint density at radius 1 is 1.37 bits per heavy atom. The van der Waals surface area contributed by atoms with E-state index in [1.54, 1.807) is 6.07 Å². The summed E-state index contributed by atoms with van der Waals surface area (Å²) in [5.41, 5.74) is 2.18. The Bertz CT molecular complexity index is 464. The van der Waals surface area contributed by atoms with E-state index in [0.29, 0.717) is 6.04 Å². The molecule has 0 spiro atoms. The molecule has 0 heterocycles. The number of hydrogen-bond acceptors (Lipinski definition) is 2. The first-order chi connectivity index (χ1) is 9.20. The van der Waals surface area contributed by atoms with Gasteiger partial charge >= 0.3 is 0 Å². The third-order valence-corrected chi connectivity index (χ3v) is 4.04. The first kappa shape index (κ1) is 14.0. The molecule has 0 aliphatic heterocycles. The lowest BCUT2D eigenvalue weighted by Gasteiger charge is -2.27. The van der Waals surface area contributed by atoms with Crippen molar-refractivity contribution in [2.75, 3.05) is 6.54 Å². The van der Waals surface area contributed by atoms with Gasteiger partial charge in [-0.15, -0.1) is 0 Å². The van der Waals surface area contributed by atoms with Crippen LogP contribution in [-0.2, 0) is 6.42 Å². The average molecular weight is 260 g/mol. The fourth-order valence-corrected chi connectivity index (χ4v) is 2.86. The van der Waals surface area contributed by atoms with E-state index < -0.39 is 0 Å². The molecular weight excluding hydrogens is 239 g/mol. The maximum absolute atomic E-state index is 13.0. The predicted octanol–water partition coefficient (Wildman–Crippen LogP) is 3.35. The maximum Gasteiger partial charge on any atom is 0.123 e. The van der Waals surface area contributed by atoms with Crippen LogP contribution >= 0.6 is 0 Å². The number of hydrogen-bond donors (Lipinski definition) is 1. The highest BCUT2D eigenvalue weighted by Crippen LogP contribution is 2.23. The highest BCUT2D eigenvalue weighted by atomic mass is 19.1. The van der Waals surface area contributed by atoms with E-state index in [4.69, 9.17) is 5.26 Å². The fourth-order valence-electron chi connectivity index (χ4n) is 2.86. The van der Waals surface area contributed by atoms with Crippen molar-refractivity contribution in [2.24, 2.45) is 5.92 Å². The molecule has 0 bridgehead atoms. The van der Waals surface area contributed by atoms with Gasteiger partial charge in [0, 0.05) is 6.04 Å². The minimum Gasteiger partial charge on any atom is -0.312 e. The molecule has 0 saturated heterocycles. The quantitative estimate of drug-likeness (QED) is 0.901. The molecule has 2 nitrogen and oxygen atoms in total. The molecule has 1 aliphatic carbocycles. The van der Waals surface area contributed by atoms with E-state index >= 15 is 0 Å². The summed E-state index contributed by atoms with van der Waals surface area (Å²) in [5, 5.41) is 12.6. The maximum atomic E-state index is 13.0. The summed E-state index contributed by atoms with van der Waals surface area (Å²) in [6.07, 6.45) is 5.39. The SMILES string of the molecule is Cc1cc(F)ccc1CCNC1CCCCC1C#N. The summed E-state index contributed by atoms with van der Waals surface area (Å²) in [6, 6.07) is 7.69. The smallest absolute Gasteiger partial charge is 0.123 e. The summed E-state index contributed by atoms with van der Waals surface area (Å²) in [5.74, 6) is -0.0194. The van der Waals surface area contributed by atoms with E-state index in [9.17, 15) is 4.39 Å². The van der Waals surface area contributed by atoms with Crippen molar-refractivity contribution in [3.05, 3.63) is 35.1 Å². The molecule has 2 unspecified atom stereocenters. The molecule has 2 atom stereocenters. The lowest BCUT2D eigenvalue weighted by Crippen LogP contribution is -2.39. The van der Waals surface area contributed by atoms with E-state index in [1.165, 1.54) is 24.5 Å². The highest BCUT2D eigenvalue weighted by molar-refractivity contribution is 5.26. The van der Waals surface area contributed by atoms with Gasteiger partial charge in [0.1, 0.15) is 5.82 Å². The molecule has 1 saturated carbocycles. The van der Waals surface area contributed by atoms with Gasteiger partial charge in [-0.1, -0.05) is 18.9 Å². The van der Waals surface area contributed by atoms with E-state index in [0.717, 1.165) is 31.4 Å². The number of nitrogens with zero attached hydrogens (tertiary/aromatic N) is 1. The summed E-state index contributed by atoms with van der Waals surface area (Å²) < 4.78 is 13.0. The average Bonchev–Trinajstić information content (AvgIpc) is 2.42. The second kappa shape index (κ2) is 6.68. The molecular formula is C16H21FN2.